The predicted molar refractivity (Wildman–Crippen MR) is 40.6 cm³/mol. The first-order valence-corrected chi connectivity index (χ1v) is 3.77. The van der Waals surface area contributed by atoms with E-state index in [1.807, 2.05) is 19.9 Å². The molecule has 0 aromatic rings. The van der Waals surface area contributed by atoms with Crippen LogP contribution >= 0.6 is 0 Å². The second kappa shape index (κ2) is 3.06. The van der Waals surface area contributed by atoms with Crippen LogP contribution in [0, 0.1) is 0 Å². The maximum absolute atomic E-state index is 5.46. The number of ether oxygens (including phenoxy) is 2. The highest BCUT2D eigenvalue weighted by Crippen LogP contribution is 2.13. The Morgan fingerprint density at radius 1 is 1.70 bits per heavy atom. The molecule has 1 aliphatic heterocycles. The summed E-state index contributed by atoms with van der Waals surface area (Å²) in [6.45, 7) is 6.14. The molecule has 1 heterocycles. The number of hydrogen-bond donors (Lipinski definition) is 0. The highest BCUT2D eigenvalue weighted by atomic mass is 16.7. The van der Waals surface area contributed by atoms with Crippen LogP contribution in [0.2, 0.25) is 0 Å². The van der Waals surface area contributed by atoms with Crippen molar-refractivity contribution >= 4 is 0 Å². The Hall–Kier alpha value is -0.500. The summed E-state index contributed by atoms with van der Waals surface area (Å²) in [6.07, 6.45) is 3.34. The van der Waals surface area contributed by atoms with Crippen molar-refractivity contribution in [1.29, 1.82) is 0 Å². The lowest BCUT2D eigenvalue weighted by atomic mass is 10.3. The first-order valence-electron chi connectivity index (χ1n) is 3.77. The summed E-state index contributed by atoms with van der Waals surface area (Å²) < 4.78 is 9.75. The summed E-state index contributed by atoms with van der Waals surface area (Å²) in [5.74, 6) is 1.10. The predicted octanol–water partition coefficient (Wildman–Crippen LogP) is 1.57. The normalized spacial score (nSPS) is 32.9. The van der Waals surface area contributed by atoms with E-state index in [0.29, 0.717) is 0 Å². The molecule has 1 N–H and O–H groups in total. The van der Waals surface area contributed by atoms with E-state index in [1.165, 1.54) is 0 Å². The Morgan fingerprint density at radius 3 is 2.90 bits per heavy atom. The van der Waals surface area contributed by atoms with Gasteiger partial charge in [-0.3, -0.25) is 4.74 Å². The van der Waals surface area contributed by atoms with Gasteiger partial charge in [0, 0.05) is 13.0 Å². The van der Waals surface area contributed by atoms with Crippen LogP contribution in [-0.4, -0.2) is 17.1 Å². The van der Waals surface area contributed by atoms with E-state index in [-0.39, 0.29) is 12.4 Å². The summed E-state index contributed by atoms with van der Waals surface area (Å²) in [4.78, 5) is 0. The fourth-order valence-corrected chi connectivity index (χ4v) is 1.11. The molecule has 0 saturated heterocycles. The molecule has 0 aromatic carbocycles. The van der Waals surface area contributed by atoms with Crippen LogP contribution in [0.1, 0.15) is 27.2 Å². The van der Waals surface area contributed by atoms with Crippen molar-refractivity contribution in [2.75, 3.05) is 0 Å². The fraction of sp³-hybridized carbons (Fsp3) is 0.750. The second-order valence-electron chi connectivity index (χ2n) is 2.64. The summed E-state index contributed by atoms with van der Waals surface area (Å²) in [5.41, 5.74) is 0. The molecule has 0 bridgehead atoms. The molecule has 0 saturated carbocycles. The van der Waals surface area contributed by atoms with Crippen LogP contribution in [0.3, 0.4) is 0 Å². The topological polar surface area (TPSA) is 22.0 Å². The van der Waals surface area contributed by atoms with Gasteiger partial charge in [0.15, 0.2) is 0 Å². The van der Waals surface area contributed by atoms with Gasteiger partial charge in [-0.15, -0.1) is 0 Å². The van der Waals surface area contributed by atoms with E-state index < -0.39 is 0 Å². The summed E-state index contributed by atoms with van der Waals surface area (Å²) in [5, 5.41) is 0. The van der Waals surface area contributed by atoms with Crippen molar-refractivity contribution in [2.24, 2.45) is 0 Å². The largest absolute Gasteiger partial charge is 0.564 e. The van der Waals surface area contributed by atoms with E-state index in [9.17, 15) is 0 Å². The maximum Gasteiger partial charge on any atom is 0.295 e. The van der Waals surface area contributed by atoms with E-state index in [4.69, 9.17) is 4.74 Å². The van der Waals surface area contributed by atoms with Crippen molar-refractivity contribution in [3.05, 3.63) is 11.8 Å². The van der Waals surface area contributed by atoms with Gasteiger partial charge in [0.05, 0.1) is 12.5 Å². The molecule has 2 heteroatoms. The minimum Gasteiger partial charge on any atom is -0.564 e. The molecule has 0 aromatic heterocycles. The first-order chi connectivity index (χ1) is 4.72. The molecule has 2 nitrogen and oxygen atoms in total. The zero-order valence-corrected chi connectivity index (χ0v) is 6.79. The highest BCUT2D eigenvalue weighted by molar-refractivity contribution is 4.95. The Balaban J connectivity index is 2.52. The van der Waals surface area contributed by atoms with Crippen molar-refractivity contribution in [3.8, 4) is 0 Å². The zero-order valence-electron chi connectivity index (χ0n) is 6.79. The molecule has 0 radical (unpaired) electrons. The Labute approximate surface area is 61.8 Å². The molecular formula is C8H15O2+. The monoisotopic (exact) mass is 143 g/mol. The lowest BCUT2D eigenvalue weighted by molar-refractivity contribution is -0.232. The molecule has 0 aliphatic carbocycles. The molecule has 1 aliphatic rings. The molecule has 1 rings (SSSR count). The third-order valence-electron chi connectivity index (χ3n) is 1.54. The van der Waals surface area contributed by atoms with Crippen molar-refractivity contribution in [1.82, 2.24) is 0 Å². The number of aliphatic hydroxyl groups is 2. The zero-order chi connectivity index (χ0) is 7.56. The first kappa shape index (κ1) is 7.61. The van der Waals surface area contributed by atoms with Crippen molar-refractivity contribution in [3.63, 3.8) is 0 Å². The highest BCUT2D eigenvalue weighted by Gasteiger charge is 2.21. The number of allylic oxidation sites excluding steroid dienone is 1. The van der Waals surface area contributed by atoms with Crippen molar-refractivity contribution < 1.29 is 9.47 Å². The Morgan fingerprint density at radius 2 is 2.40 bits per heavy atom. The van der Waals surface area contributed by atoms with Crippen LogP contribution in [0.5, 0.6) is 0 Å². The molecule has 58 valence electrons. The van der Waals surface area contributed by atoms with Gasteiger partial charge in [-0.2, -0.15) is 0 Å². The van der Waals surface area contributed by atoms with Gasteiger partial charge in [0.1, 0.15) is 0 Å². The third-order valence-corrected chi connectivity index (χ3v) is 1.54. The Kier molecular flexibility index (Phi) is 2.33. The lowest BCUT2D eigenvalue weighted by Crippen LogP contribution is -2.28. The minimum absolute atomic E-state index is 0.0972. The Bertz CT molecular complexity index is 140. The van der Waals surface area contributed by atoms with Crippen LogP contribution in [0.15, 0.2) is 11.8 Å². The number of hydrogen-bond acceptors (Lipinski definition) is 1. The number of rotatable bonds is 1. The SMILES string of the molecule is CCC1OC(C)C=C(C)[OH+]1. The van der Waals surface area contributed by atoms with Gasteiger partial charge in [-0.25, -0.2) is 0 Å². The van der Waals surface area contributed by atoms with Crippen molar-refractivity contribution in [2.45, 2.75) is 39.6 Å². The molecule has 2 atom stereocenters. The molecule has 0 spiro atoms. The molecular weight excluding hydrogens is 128 g/mol. The molecule has 2 unspecified atom stereocenters. The van der Waals surface area contributed by atoms with E-state index in [2.05, 4.69) is 11.7 Å². The summed E-state index contributed by atoms with van der Waals surface area (Å²) in [7, 11) is 0. The van der Waals surface area contributed by atoms with E-state index in [1.54, 1.807) is 0 Å². The lowest BCUT2D eigenvalue weighted by Gasteiger charge is -2.23. The van der Waals surface area contributed by atoms with Gasteiger partial charge in [-0.05, 0) is 6.92 Å². The third kappa shape index (κ3) is 1.74. The summed E-state index contributed by atoms with van der Waals surface area (Å²) in [6, 6.07) is 0. The standard InChI is InChI=1S/C8H14O2/c1-4-8-9-6(2)5-7(3)10-8/h5-6,8H,4H2,1-3H3/p+1. The van der Waals surface area contributed by atoms with E-state index in [0.717, 1.165) is 12.2 Å². The van der Waals surface area contributed by atoms with Crippen LogP contribution in [0.4, 0.5) is 0 Å². The van der Waals surface area contributed by atoms with Crippen LogP contribution < -0.4 is 0 Å². The quantitative estimate of drug-likeness (QED) is 0.511. The van der Waals surface area contributed by atoms with Crippen LogP contribution in [-0.2, 0) is 4.74 Å². The van der Waals surface area contributed by atoms with Gasteiger partial charge in [0.25, 0.3) is 6.29 Å². The van der Waals surface area contributed by atoms with Gasteiger partial charge >= 0.3 is 0 Å². The van der Waals surface area contributed by atoms with Gasteiger partial charge < -0.3 is 4.74 Å². The average Bonchev–Trinajstić information content (AvgIpc) is 1.85. The average molecular weight is 143 g/mol. The fourth-order valence-electron chi connectivity index (χ4n) is 1.11. The minimum atomic E-state index is 0.0972. The molecule has 0 amide bonds. The second-order valence-corrected chi connectivity index (χ2v) is 2.64. The van der Waals surface area contributed by atoms with Gasteiger partial charge in [0.2, 0.25) is 5.76 Å². The molecule has 0 fully saturated rings. The van der Waals surface area contributed by atoms with Crippen LogP contribution in [0.25, 0.3) is 0 Å². The molecule has 10 heavy (non-hydrogen) atoms. The summed E-state index contributed by atoms with van der Waals surface area (Å²) >= 11 is 0. The van der Waals surface area contributed by atoms with Gasteiger partial charge in [-0.1, -0.05) is 6.92 Å². The smallest absolute Gasteiger partial charge is 0.295 e. The maximum atomic E-state index is 5.46. The van der Waals surface area contributed by atoms with E-state index >= 15 is 0 Å².